The fourth-order valence-corrected chi connectivity index (χ4v) is 2.54. The summed E-state index contributed by atoms with van der Waals surface area (Å²) >= 11 is 0. The lowest BCUT2D eigenvalue weighted by atomic mass is 9.87. The van der Waals surface area contributed by atoms with Crippen molar-refractivity contribution >= 4 is 11.7 Å². The second-order valence-electron chi connectivity index (χ2n) is 5.46. The topological polar surface area (TPSA) is 49.3 Å². The molecule has 0 spiro atoms. The third-order valence-electron chi connectivity index (χ3n) is 3.71. The van der Waals surface area contributed by atoms with E-state index in [-0.39, 0.29) is 0 Å². The summed E-state index contributed by atoms with van der Waals surface area (Å²) < 4.78 is 0. The molecule has 2 rings (SSSR count). The third kappa shape index (κ3) is 2.60. The van der Waals surface area contributed by atoms with Crippen molar-refractivity contribution in [3.63, 3.8) is 0 Å². The minimum Gasteiger partial charge on any atom is -0.478 e. The average molecular weight is 233 g/mol. The van der Waals surface area contributed by atoms with Gasteiger partial charge in [-0.05, 0) is 36.5 Å². The van der Waals surface area contributed by atoms with Crippen molar-refractivity contribution in [3.05, 3.63) is 29.8 Å². The molecule has 1 aromatic carbocycles. The largest absolute Gasteiger partial charge is 0.478 e. The first-order valence-corrected chi connectivity index (χ1v) is 6.09. The van der Waals surface area contributed by atoms with Gasteiger partial charge in [-0.25, -0.2) is 4.79 Å². The van der Waals surface area contributed by atoms with Gasteiger partial charge in [-0.3, -0.25) is 0 Å². The highest BCUT2D eigenvalue weighted by molar-refractivity contribution is 5.88. The number of carbonyl (C=O) groups is 1. The molecular formula is C14H19NO2. The first kappa shape index (κ1) is 12.0. The molecule has 3 nitrogen and oxygen atoms in total. The van der Waals surface area contributed by atoms with Crippen molar-refractivity contribution in [2.45, 2.75) is 39.2 Å². The molecule has 0 aliphatic heterocycles. The van der Waals surface area contributed by atoms with Crippen LogP contribution >= 0.6 is 0 Å². The lowest BCUT2D eigenvalue weighted by Crippen LogP contribution is -2.30. The predicted octanol–water partition coefficient (Wildman–Crippen LogP) is 3.38. The summed E-state index contributed by atoms with van der Waals surface area (Å²) in [7, 11) is 0. The van der Waals surface area contributed by atoms with E-state index >= 15 is 0 Å². The lowest BCUT2D eigenvalue weighted by Gasteiger charge is -2.28. The van der Waals surface area contributed by atoms with E-state index in [0.717, 1.165) is 12.1 Å². The Labute approximate surface area is 102 Å². The molecule has 0 amide bonds. The Morgan fingerprint density at radius 1 is 1.47 bits per heavy atom. The van der Waals surface area contributed by atoms with Crippen LogP contribution in [0.1, 0.15) is 43.5 Å². The number of rotatable bonds is 3. The number of nitrogens with one attached hydrogen (secondary N) is 1. The van der Waals surface area contributed by atoms with Crippen molar-refractivity contribution in [2.24, 2.45) is 5.41 Å². The average Bonchev–Trinajstić information content (AvgIpc) is 2.59. The third-order valence-corrected chi connectivity index (χ3v) is 3.71. The second kappa shape index (κ2) is 4.40. The van der Waals surface area contributed by atoms with E-state index in [2.05, 4.69) is 19.2 Å². The van der Waals surface area contributed by atoms with Gasteiger partial charge in [-0.15, -0.1) is 0 Å². The Balaban J connectivity index is 2.13. The molecule has 3 heteroatoms. The number of aromatic carboxylic acids is 1. The number of carboxylic acid groups (broad SMARTS) is 1. The van der Waals surface area contributed by atoms with Gasteiger partial charge in [0.2, 0.25) is 0 Å². The van der Waals surface area contributed by atoms with Crippen molar-refractivity contribution in [1.82, 2.24) is 0 Å². The van der Waals surface area contributed by atoms with Crippen LogP contribution in [0.3, 0.4) is 0 Å². The highest BCUT2D eigenvalue weighted by atomic mass is 16.4. The SMILES string of the molecule is CC1(C)CCCC1Nc1cccc(C(=O)O)c1. The van der Waals surface area contributed by atoms with Crippen molar-refractivity contribution < 1.29 is 9.90 Å². The summed E-state index contributed by atoms with van der Waals surface area (Å²) in [6.45, 7) is 4.53. The Morgan fingerprint density at radius 3 is 2.82 bits per heavy atom. The highest BCUT2D eigenvalue weighted by Crippen LogP contribution is 2.39. The van der Waals surface area contributed by atoms with E-state index in [1.165, 1.54) is 12.8 Å². The normalized spacial score (nSPS) is 22.4. The zero-order valence-corrected chi connectivity index (χ0v) is 10.4. The molecule has 0 bridgehead atoms. The molecule has 0 saturated heterocycles. The fourth-order valence-electron chi connectivity index (χ4n) is 2.54. The number of benzene rings is 1. The maximum atomic E-state index is 10.9. The zero-order valence-electron chi connectivity index (χ0n) is 10.4. The van der Waals surface area contributed by atoms with Gasteiger partial charge >= 0.3 is 5.97 Å². The zero-order chi connectivity index (χ0) is 12.5. The van der Waals surface area contributed by atoms with E-state index in [0.29, 0.717) is 17.0 Å². The summed E-state index contributed by atoms with van der Waals surface area (Å²) in [4.78, 5) is 10.9. The summed E-state index contributed by atoms with van der Waals surface area (Å²) in [5.41, 5.74) is 1.54. The number of carboxylic acids is 1. The molecule has 17 heavy (non-hydrogen) atoms. The van der Waals surface area contributed by atoms with Gasteiger partial charge in [0.15, 0.2) is 0 Å². The van der Waals surface area contributed by atoms with Crippen LogP contribution in [-0.2, 0) is 0 Å². The number of hydrogen-bond donors (Lipinski definition) is 2. The summed E-state index contributed by atoms with van der Waals surface area (Å²) in [5, 5.41) is 12.4. The molecular weight excluding hydrogens is 214 g/mol. The van der Waals surface area contributed by atoms with Gasteiger partial charge in [-0.1, -0.05) is 26.3 Å². The summed E-state index contributed by atoms with van der Waals surface area (Å²) in [6, 6.07) is 7.48. The summed E-state index contributed by atoms with van der Waals surface area (Å²) in [5.74, 6) is -0.876. The monoisotopic (exact) mass is 233 g/mol. The van der Waals surface area contributed by atoms with Gasteiger partial charge in [-0.2, -0.15) is 0 Å². The minimum atomic E-state index is -0.876. The molecule has 1 aromatic rings. The molecule has 0 aromatic heterocycles. The molecule has 92 valence electrons. The molecule has 0 heterocycles. The quantitative estimate of drug-likeness (QED) is 0.841. The van der Waals surface area contributed by atoms with Crippen LogP contribution in [-0.4, -0.2) is 17.1 Å². The van der Waals surface area contributed by atoms with E-state index in [4.69, 9.17) is 5.11 Å². The fraction of sp³-hybridized carbons (Fsp3) is 0.500. The van der Waals surface area contributed by atoms with Gasteiger partial charge in [0, 0.05) is 11.7 Å². The van der Waals surface area contributed by atoms with Crippen molar-refractivity contribution in [3.8, 4) is 0 Å². The summed E-state index contributed by atoms with van der Waals surface area (Å²) in [6.07, 6.45) is 3.62. The Kier molecular flexibility index (Phi) is 3.09. The smallest absolute Gasteiger partial charge is 0.335 e. The first-order chi connectivity index (χ1) is 7.99. The Hall–Kier alpha value is -1.51. The van der Waals surface area contributed by atoms with Crippen molar-refractivity contribution in [2.75, 3.05) is 5.32 Å². The molecule has 1 saturated carbocycles. The molecule has 0 radical (unpaired) electrons. The highest BCUT2D eigenvalue weighted by Gasteiger charge is 2.34. The molecule has 1 fully saturated rings. The maximum Gasteiger partial charge on any atom is 0.335 e. The van der Waals surface area contributed by atoms with E-state index in [1.807, 2.05) is 6.07 Å². The Morgan fingerprint density at radius 2 is 2.24 bits per heavy atom. The van der Waals surface area contributed by atoms with Gasteiger partial charge in [0.25, 0.3) is 0 Å². The van der Waals surface area contributed by atoms with Crippen LogP contribution in [0.5, 0.6) is 0 Å². The number of anilines is 1. The van der Waals surface area contributed by atoms with Crippen LogP contribution in [0.4, 0.5) is 5.69 Å². The van der Waals surface area contributed by atoms with Crippen LogP contribution < -0.4 is 5.32 Å². The molecule has 1 aliphatic carbocycles. The van der Waals surface area contributed by atoms with Gasteiger partial charge in [0.1, 0.15) is 0 Å². The van der Waals surface area contributed by atoms with E-state index in [1.54, 1.807) is 18.2 Å². The lowest BCUT2D eigenvalue weighted by molar-refractivity contribution is 0.0697. The minimum absolute atomic E-state index is 0.291. The van der Waals surface area contributed by atoms with Gasteiger partial charge < -0.3 is 10.4 Å². The van der Waals surface area contributed by atoms with Gasteiger partial charge in [0.05, 0.1) is 5.56 Å². The molecule has 1 atom stereocenters. The molecule has 1 unspecified atom stereocenters. The van der Waals surface area contributed by atoms with E-state index in [9.17, 15) is 4.79 Å². The van der Waals surface area contributed by atoms with Crippen molar-refractivity contribution in [1.29, 1.82) is 0 Å². The van der Waals surface area contributed by atoms with Crippen LogP contribution in [0.25, 0.3) is 0 Å². The molecule has 1 aliphatic rings. The standard InChI is InChI=1S/C14H19NO2/c1-14(2)8-4-7-12(14)15-11-6-3-5-10(9-11)13(16)17/h3,5-6,9,12,15H,4,7-8H2,1-2H3,(H,16,17). The first-order valence-electron chi connectivity index (χ1n) is 6.09. The predicted molar refractivity (Wildman–Crippen MR) is 68.4 cm³/mol. The van der Waals surface area contributed by atoms with Crippen LogP contribution in [0.2, 0.25) is 0 Å². The van der Waals surface area contributed by atoms with E-state index < -0.39 is 5.97 Å². The van der Waals surface area contributed by atoms with Crippen LogP contribution in [0, 0.1) is 5.41 Å². The Bertz CT molecular complexity index is 426. The van der Waals surface area contributed by atoms with Crippen LogP contribution in [0.15, 0.2) is 24.3 Å². The second-order valence-corrected chi connectivity index (χ2v) is 5.46. The maximum absolute atomic E-state index is 10.9. The number of hydrogen-bond acceptors (Lipinski definition) is 2. The molecule has 2 N–H and O–H groups in total.